The Kier molecular flexibility index (Phi) is 47.5. The van der Waals surface area contributed by atoms with E-state index in [1.54, 1.807) is 67.3 Å². The molecule has 2 aliphatic rings. The van der Waals surface area contributed by atoms with E-state index in [9.17, 15) is 82.1 Å². The maximum atomic E-state index is 14.7. The Morgan fingerprint density at radius 1 is 0.734 bits per heavy atom. The first-order valence-electron chi connectivity index (χ1n) is 44.1. The van der Waals surface area contributed by atoms with Crippen LogP contribution >= 0.6 is 23.1 Å². The van der Waals surface area contributed by atoms with Crippen molar-refractivity contribution in [2.45, 2.75) is 246 Å². The summed E-state index contributed by atoms with van der Waals surface area (Å²) in [7, 11) is 6.27. The molecule has 0 aliphatic carbocycles. The zero-order valence-corrected chi connectivity index (χ0v) is 78.3. The molecule has 2 aliphatic heterocycles. The van der Waals surface area contributed by atoms with Gasteiger partial charge in [-0.3, -0.25) is 62.5 Å². The maximum absolute atomic E-state index is 14.7. The Morgan fingerprint density at radius 2 is 1.42 bits per heavy atom. The van der Waals surface area contributed by atoms with Crippen LogP contribution in [0.2, 0.25) is 0 Å². The molecule has 2 fully saturated rings. The average molecular weight is 1840 g/mol. The molecule has 5 rings (SSSR count). The maximum Gasteiger partial charge on any atom is 0.415 e. The summed E-state index contributed by atoms with van der Waals surface area (Å²) in [5.74, 6) is -6.27. The van der Waals surface area contributed by atoms with E-state index in [4.69, 9.17) is 34.2 Å². The molecule has 0 radical (unpaired) electrons. The van der Waals surface area contributed by atoms with Gasteiger partial charge >= 0.3 is 36.2 Å². The van der Waals surface area contributed by atoms with Gasteiger partial charge in [0.1, 0.15) is 47.8 Å². The van der Waals surface area contributed by atoms with E-state index >= 15 is 0 Å². The molecule has 128 heavy (non-hydrogen) atoms. The van der Waals surface area contributed by atoms with Gasteiger partial charge in [-0.1, -0.05) is 106 Å². The average Bonchev–Trinajstić information content (AvgIpc) is 1.50. The van der Waals surface area contributed by atoms with Crippen molar-refractivity contribution in [2.75, 3.05) is 105 Å². The monoisotopic (exact) mass is 1840 g/mol. The smallest absolute Gasteiger partial charge is 0.415 e. The number of aliphatic hydroxyl groups excluding tert-OH is 1. The summed E-state index contributed by atoms with van der Waals surface area (Å²) >= 11 is 2.35. The second kappa shape index (κ2) is 56.2. The number of aliphatic carboxylic acids is 1. The number of alkyl carbamates (subject to hydrolysis) is 1. The van der Waals surface area contributed by atoms with E-state index in [2.05, 4.69) is 47.5 Å². The van der Waals surface area contributed by atoms with E-state index in [0.717, 1.165) is 30.7 Å². The number of rotatable bonds is 56. The number of likely N-dealkylation sites (tertiary alicyclic amines) is 2. The number of nitrogens with one attached hydrogen (secondary N) is 8. The summed E-state index contributed by atoms with van der Waals surface area (Å²) in [4.78, 5) is 209. The summed E-state index contributed by atoms with van der Waals surface area (Å²) in [6.45, 7) is 20.8. The number of methoxy groups -OCH3 is 1. The van der Waals surface area contributed by atoms with Crippen molar-refractivity contribution >= 4 is 118 Å². The molecule has 0 bridgehead atoms. The lowest BCUT2D eigenvalue weighted by atomic mass is 9.92. The van der Waals surface area contributed by atoms with Crippen LogP contribution in [0.5, 0.6) is 5.75 Å². The molecule has 3 unspecified atom stereocenters. The number of nitrogens with zero attached hydrogens (tertiary/aromatic N) is 6. The molecule has 2 saturated heterocycles. The van der Waals surface area contributed by atoms with E-state index in [-0.39, 0.29) is 175 Å². The molecule has 2 aromatic carbocycles. The number of thiazole rings is 1. The van der Waals surface area contributed by atoms with Gasteiger partial charge < -0.3 is 102 Å². The minimum atomic E-state index is -1.15. The van der Waals surface area contributed by atoms with E-state index in [1.807, 2.05) is 60.4 Å². The number of piperidine rings is 1. The summed E-state index contributed by atoms with van der Waals surface area (Å²) in [6, 6.07) is 7.46. The van der Waals surface area contributed by atoms with Crippen LogP contribution in [0.3, 0.4) is 0 Å². The number of benzene rings is 2. The molecule has 0 saturated carbocycles. The fraction of sp³-hybridized carbons (Fsp3) is 0.659. The first-order chi connectivity index (χ1) is 60.7. The standard InChI is InChI=1S/C88H137N15O23S2/c1-16-56(9)76(98-79(111)67-25-20-22-39-99(67)12)83(114)102(17-2)68(54(5)6)47-69(124-58(11)105)81-96-66(52-128-81)78(110)94-62(45-57(10)84(115)116)46-59-29-33-63(34-30-59)126-88(120)101(14)42-41-100(13)87(119)123-50-60-27-31-61(32-28-60)93-77(109)65(24-23-36-91-85(89)117)95-80(112)75(55(7)8)97-72(107)26-19-18-21-40-103-73(108)48-70(82(103)113)127-43-38-90-71(106)35-37-92-86(118)122-51-74(121-15)125-64(49-104)44-53(3)4/h27-34,52-57,62,64-65,67-70,74-76,104H,16-26,35-51H2,1-15H3,(H,90,106)(H,92,118)(H,93,109)(H,94,110)(H,95,112)(H,97,107)(H,98,111)(H,115,116)(H3,89,91,117)/t56-,57-,62+,64?,65-,67+,68+,69+,70?,74?,75-,76-/m0/s1. The third-order valence-electron chi connectivity index (χ3n) is 22.0. The number of unbranched alkanes of at least 4 members (excludes halogenated alkanes) is 2. The van der Waals surface area contributed by atoms with Crippen molar-refractivity contribution in [1.29, 1.82) is 0 Å². The predicted molar refractivity (Wildman–Crippen MR) is 479 cm³/mol. The number of hydrogen-bond donors (Lipinski definition) is 11. The SMILES string of the molecule is CC[C@H](C)[C@H](NC(=O)[C@H]1CCCCN1C)C(=O)N(CC)[C@H](C[C@@H](OC(C)=O)c1nc(C(=O)N[C@@H](Cc2ccc(OC(=O)N(C)CCN(C)C(=O)OCc3ccc(NC(=O)[C@H](CCCNC(N)=O)NC(=O)[C@@H](NC(=O)CCCCCN4C(=O)CC(SCCNC(=O)CCNC(=O)OCC(OC)OC(CO)CC(C)C)C4=O)C(C)C)cc3)cc2)C[C@H](C)C(=O)O)cs1)C(C)C. The molecule has 12 atom stereocenters. The van der Waals surface area contributed by atoms with Crippen LogP contribution in [0.1, 0.15) is 205 Å². The number of carboxylic acids is 1. The van der Waals surface area contributed by atoms with Gasteiger partial charge in [0, 0.05) is 129 Å². The lowest BCUT2D eigenvalue weighted by Crippen LogP contribution is -2.58. The first kappa shape index (κ1) is 108. The van der Waals surface area contributed by atoms with Gasteiger partial charge in [0.05, 0.1) is 29.9 Å². The fourth-order valence-electron chi connectivity index (χ4n) is 14.4. The van der Waals surface area contributed by atoms with Gasteiger partial charge in [-0.25, -0.2) is 24.2 Å². The highest BCUT2D eigenvalue weighted by atomic mass is 32.2. The molecule has 0 spiro atoms. The van der Waals surface area contributed by atoms with Crippen molar-refractivity contribution in [2.24, 2.45) is 35.3 Å². The molecule has 14 amide bonds. The zero-order chi connectivity index (χ0) is 94.9. The Hall–Kier alpha value is -10.3. The number of carbonyl (C=O) groups excluding carboxylic acids is 14. The number of carbonyl (C=O) groups is 15. The lowest BCUT2D eigenvalue weighted by molar-refractivity contribution is -0.184. The highest BCUT2D eigenvalue weighted by Gasteiger charge is 2.41. The van der Waals surface area contributed by atoms with Crippen LogP contribution in [-0.2, 0) is 84.7 Å². The van der Waals surface area contributed by atoms with Gasteiger partial charge in [-0.05, 0) is 137 Å². The highest BCUT2D eigenvalue weighted by Crippen LogP contribution is 2.33. The number of thioether (sulfide) groups is 1. The van der Waals surface area contributed by atoms with Gasteiger partial charge in [0.15, 0.2) is 12.4 Å². The molecular formula is C88H137N15O23S2. The number of ether oxygens (including phenoxy) is 6. The largest absolute Gasteiger partial charge is 0.481 e. The van der Waals surface area contributed by atoms with Crippen LogP contribution in [0.4, 0.5) is 24.9 Å². The summed E-state index contributed by atoms with van der Waals surface area (Å²) < 4.78 is 33.1. The minimum Gasteiger partial charge on any atom is -0.481 e. The van der Waals surface area contributed by atoms with Crippen LogP contribution in [0, 0.1) is 29.6 Å². The van der Waals surface area contributed by atoms with Gasteiger partial charge in [0.25, 0.3) is 5.91 Å². The van der Waals surface area contributed by atoms with Gasteiger partial charge in [-0.2, -0.15) is 0 Å². The number of hydrogen-bond acceptors (Lipinski definition) is 26. The summed E-state index contributed by atoms with van der Waals surface area (Å²) in [5, 5.41) is 42.8. The first-order valence-corrected chi connectivity index (χ1v) is 46.0. The lowest BCUT2D eigenvalue weighted by Gasteiger charge is -2.39. The highest BCUT2D eigenvalue weighted by molar-refractivity contribution is 8.00. The van der Waals surface area contributed by atoms with Crippen molar-refractivity contribution in [3.05, 3.63) is 75.7 Å². The number of amides is 14. The van der Waals surface area contributed by atoms with Crippen LogP contribution < -0.4 is 53.0 Å². The van der Waals surface area contributed by atoms with Crippen molar-refractivity contribution < 1.29 is 111 Å². The third-order valence-corrected chi connectivity index (χ3v) is 24.2. The Balaban J connectivity index is 1.05. The second-order valence-corrected chi connectivity index (χ2v) is 35.8. The Bertz CT molecular complexity index is 4110. The van der Waals surface area contributed by atoms with Crippen LogP contribution in [-0.4, -0.2) is 283 Å². The topological polar surface area (TPSA) is 503 Å². The number of nitrogens with two attached hydrogens (primary N) is 1. The number of primary amides is 1. The van der Waals surface area contributed by atoms with Crippen molar-refractivity contribution in [3.63, 3.8) is 0 Å². The van der Waals surface area contributed by atoms with E-state index in [1.165, 1.54) is 66.9 Å². The molecule has 3 aromatic rings. The molecule has 1 aromatic heterocycles. The normalized spacial score (nSPS) is 16.4. The third kappa shape index (κ3) is 37.8. The molecular weight excluding hydrogens is 1700 g/mol. The van der Waals surface area contributed by atoms with Crippen LogP contribution in [0.15, 0.2) is 53.9 Å². The quantitative estimate of drug-likeness (QED) is 0.00871. The number of urea groups is 1. The number of carboxylic acid groups (broad SMARTS) is 1. The second-order valence-electron chi connectivity index (χ2n) is 33.6. The molecule has 40 heteroatoms. The molecule has 714 valence electrons. The number of anilines is 1. The Labute approximate surface area is 758 Å². The van der Waals surface area contributed by atoms with Crippen molar-refractivity contribution in [1.82, 2.24) is 66.7 Å². The summed E-state index contributed by atoms with van der Waals surface area (Å²) in [5.41, 5.74) is 6.81. The summed E-state index contributed by atoms with van der Waals surface area (Å²) in [6.07, 6.45) is 1.08. The van der Waals surface area contributed by atoms with Crippen LogP contribution in [0.25, 0.3) is 0 Å². The molecule has 38 nitrogen and oxygen atoms in total. The van der Waals surface area contributed by atoms with Crippen molar-refractivity contribution in [3.8, 4) is 5.75 Å². The Morgan fingerprint density at radius 3 is 2.04 bits per heavy atom. The van der Waals surface area contributed by atoms with Gasteiger partial charge in [0.2, 0.25) is 47.3 Å². The number of likely N-dealkylation sites (N-methyl/N-ethyl adjacent to an activating group) is 4. The number of aliphatic hydroxyl groups is 1. The van der Waals surface area contributed by atoms with Gasteiger partial charge in [-0.15, -0.1) is 23.1 Å². The minimum absolute atomic E-state index is 0.000514. The number of esters is 1. The number of imide groups is 1. The van der Waals surface area contributed by atoms with E-state index < -0.39 is 126 Å². The van der Waals surface area contributed by atoms with E-state index in [0.29, 0.717) is 72.6 Å². The fourth-order valence-corrected chi connectivity index (χ4v) is 16.3. The molecule has 12 N–H and O–H groups in total. The number of aromatic nitrogens is 1. The predicted octanol–water partition coefficient (Wildman–Crippen LogP) is 7.24. The zero-order valence-electron chi connectivity index (χ0n) is 76.7. The molecule has 3 heterocycles.